The van der Waals surface area contributed by atoms with Gasteiger partial charge in [0.2, 0.25) is 0 Å². The Kier molecular flexibility index (Phi) is 6.89. The first-order chi connectivity index (χ1) is 15.2. The number of piperazine rings is 1. The highest BCUT2D eigenvalue weighted by atomic mass is 32.1. The molecule has 7 nitrogen and oxygen atoms in total. The van der Waals surface area contributed by atoms with Gasteiger partial charge in [0.25, 0.3) is 5.91 Å². The van der Waals surface area contributed by atoms with Crippen LogP contribution in [-0.4, -0.2) is 68.8 Å². The third-order valence-electron chi connectivity index (χ3n) is 5.37. The van der Waals surface area contributed by atoms with Crippen LogP contribution in [0.5, 0.6) is 11.5 Å². The van der Waals surface area contributed by atoms with E-state index in [0.29, 0.717) is 18.7 Å². The second-order valence-electron chi connectivity index (χ2n) is 7.37. The second kappa shape index (κ2) is 9.98. The number of rotatable bonds is 8. The van der Waals surface area contributed by atoms with Crippen molar-refractivity contribution in [1.29, 1.82) is 0 Å². The normalized spacial score (nSPS) is 14.6. The molecule has 0 aliphatic carbocycles. The van der Waals surface area contributed by atoms with E-state index >= 15 is 0 Å². The van der Waals surface area contributed by atoms with E-state index in [9.17, 15) is 4.79 Å². The lowest BCUT2D eigenvalue weighted by Crippen LogP contribution is -2.48. The number of thiazole rings is 1. The Morgan fingerprint density at radius 2 is 1.84 bits per heavy atom. The number of hydrogen-bond donors (Lipinski definition) is 1. The minimum atomic E-state index is -0.0535. The molecule has 0 spiro atoms. The quantitative estimate of drug-likeness (QED) is 0.580. The highest BCUT2D eigenvalue weighted by Crippen LogP contribution is 2.31. The number of anilines is 1. The van der Waals surface area contributed by atoms with E-state index in [1.807, 2.05) is 19.1 Å². The van der Waals surface area contributed by atoms with Gasteiger partial charge in [0, 0.05) is 44.8 Å². The number of carbonyl (C=O) groups is 1. The molecule has 0 radical (unpaired) electrons. The molecule has 31 heavy (non-hydrogen) atoms. The summed E-state index contributed by atoms with van der Waals surface area (Å²) in [6.45, 7) is 7.91. The number of benzene rings is 2. The zero-order valence-electron chi connectivity index (χ0n) is 18.0. The van der Waals surface area contributed by atoms with Gasteiger partial charge in [-0.15, -0.1) is 0 Å². The molecular formula is C23H28N4O3S. The summed E-state index contributed by atoms with van der Waals surface area (Å²) in [6, 6.07) is 13.2. The Morgan fingerprint density at radius 1 is 1.10 bits per heavy atom. The molecule has 2 aromatic carbocycles. The fraction of sp³-hybridized carbons (Fsp3) is 0.391. The number of hydrogen-bond acceptors (Lipinski definition) is 7. The summed E-state index contributed by atoms with van der Waals surface area (Å²) < 4.78 is 11.9. The number of carbonyl (C=O) groups excluding carboxylic acids is 1. The first-order valence-corrected chi connectivity index (χ1v) is 11.4. The van der Waals surface area contributed by atoms with Gasteiger partial charge in [-0.2, -0.15) is 0 Å². The van der Waals surface area contributed by atoms with Crippen LogP contribution in [0.2, 0.25) is 0 Å². The van der Waals surface area contributed by atoms with E-state index in [-0.39, 0.29) is 5.91 Å². The van der Waals surface area contributed by atoms with Crippen molar-refractivity contribution in [2.75, 3.05) is 57.9 Å². The Labute approximate surface area is 186 Å². The van der Waals surface area contributed by atoms with Crippen LogP contribution in [0.25, 0.3) is 10.2 Å². The van der Waals surface area contributed by atoms with E-state index in [0.717, 1.165) is 59.6 Å². The summed E-state index contributed by atoms with van der Waals surface area (Å²) in [6.07, 6.45) is 0. The number of aromatic nitrogens is 1. The van der Waals surface area contributed by atoms with Crippen LogP contribution in [0, 0.1) is 0 Å². The van der Waals surface area contributed by atoms with E-state index in [2.05, 4.69) is 21.2 Å². The molecule has 1 saturated heterocycles. The summed E-state index contributed by atoms with van der Waals surface area (Å²) in [5.74, 6) is 1.59. The van der Waals surface area contributed by atoms with Gasteiger partial charge in [-0.3, -0.25) is 9.69 Å². The van der Waals surface area contributed by atoms with Gasteiger partial charge >= 0.3 is 0 Å². The van der Waals surface area contributed by atoms with Crippen molar-refractivity contribution in [2.24, 2.45) is 0 Å². The standard InChI is InChI=1S/C23H28N4O3S/c1-3-30-19-8-9-20-21(16-19)31-23(25-20)27-14-12-26(13-15-27)11-10-24-22(28)17-4-6-18(29-2)7-5-17/h4-9,16H,3,10-15H2,1-2H3,(H,24,28). The average molecular weight is 441 g/mol. The number of nitrogens with zero attached hydrogens (tertiary/aromatic N) is 3. The maximum atomic E-state index is 12.3. The number of fused-ring (bicyclic) bond motifs is 1. The van der Waals surface area contributed by atoms with Crippen LogP contribution < -0.4 is 19.7 Å². The summed E-state index contributed by atoms with van der Waals surface area (Å²) in [5.41, 5.74) is 1.67. The zero-order chi connectivity index (χ0) is 21.6. The monoisotopic (exact) mass is 440 g/mol. The maximum absolute atomic E-state index is 12.3. The molecule has 1 aliphatic heterocycles. The molecule has 0 bridgehead atoms. The van der Waals surface area contributed by atoms with Gasteiger partial charge in [-0.05, 0) is 49.4 Å². The smallest absolute Gasteiger partial charge is 0.251 e. The zero-order valence-corrected chi connectivity index (χ0v) is 18.8. The summed E-state index contributed by atoms with van der Waals surface area (Å²) >= 11 is 1.72. The van der Waals surface area contributed by atoms with Crippen molar-refractivity contribution in [3.8, 4) is 11.5 Å². The van der Waals surface area contributed by atoms with Crippen LogP contribution in [0.1, 0.15) is 17.3 Å². The first kappa shape index (κ1) is 21.4. The van der Waals surface area contributed by atoms with Crippen LogP contribution in [-0.2, 0) is 0 Å². The lowest BCUT2D eigenvalue weighted by Gasteiger charge is -2.34. The third kappa shape index (κ3) is 5.26. The number of nitrogens with one attached hydrogen (secondary N) is 1. The number of methoxy groups -OCH3 is 1. The van der Waals surface area contributed by atoms with Crippen LogP contribution >= 0.6 is 11.3 Å². The van der Waals surface area contributed by atoms with Crippen LogP contribution in [0.4, 0.5) is 5.13 Å². The Balaban J connectivity index is 1.24. The molecule has 1 aromatic heterocycles. The van der Waals surface area contributed by atoms with E-state index in [4.69, 9.17) is 14.5 Å². The summed E-state index contributed by atoms with van der Waals surface area (Å²) in [4.78, 5) is 21.8. The fourth-order valence-electron chi connectivity index (χ4n) is 3.62. The maximum Gasteiger partial charge on any atom is 0.251 e. The molecule has 1 N–H and O–H groups in total. The Hall–Kier alpha value is -2.84. The minimum absolute atomic E-state index is 0.0535. The highest BCUT2D eigenvalue weighted by Gasteiger charge is 2.20. The fourth-order valence-corrected chi connectivity index (χ4v) is 4.66. The van der Waals surface area contributed by atoms with Gasteiger partial charge < -0.3 is 19.7 Å². The summed E-state index contributed by atoms with van der Waals surface area (Å²) in [7, 11) is 1.62. The van der Waals surface area contributed by atoms with Gasteiger partial charge in [-0.25, -0.2) is 4.98 Å². The van der Waals surface area contributed by atoms with Crippen molar-refractivity contribution < 1.29 is 14.3 Å². The molecule has 0 atom stereocenters. The van der Waals surface area contributed by atoms with Gasteiger partial charge in [-0.1, -0.05) is 11.3 Å². The van der Waals surface area contributed by atoms with Gasteiger partial charge in [0.05, 0.1) is 23.9 Å². The molecular weight excluding hydrogens is 412 g/mol. The largest absolute Gasteiger partial charge is 0.497 e. The molecule has 2 heterocycles. The van der Waals surface area contributed by atoms with Crippen molar-refractivity contribution in [3.05, 3.63) is 48.0 Å². The van der Waals surface area contributed by atoms with Crippen molar-refractivity contribution in [2.45, 2.75) is 6.92 Å². The molecule has 1 aliphatic rings. The van der Waals surface area contributed by atoms with Crippen LogP contribution in [0.15, 0.2) is 42.5 Å². The van der Waals surface area contributed by atoms with Gasteiger partial charge in [0.1, 0.15) is 11.5 Å². The molecule has 0 unspecified atom stereocenters. The SMILES string of the molecule is CCOc1ccc2nc(N3CCN(CCNC(=O)c4ccc(OC)cc4)CC3)sc2c1. The van der Waals surface area contributed by atoms with Crippen molar-refractivity contribution >= 4 is 32.6 Å². The van der Waals surface area contributed by atoms with Crippen molar-refractivity contribution in [3.63, 3.8) is 0 Å². The molecule has 0 saturated carbocycles. The Morgan fingerprint density at radius 3 is 2.55 bits per heavy atom. The molecule has 3 aromatic rings. The lowest BCUT2D eigenvalue weighted by molar-refractivity contribution is 0.0947. The number of amides is 1. The van der Waals surface area contributed by atoms with Crippen molar-refractivity contribution in [1.82, 2.24) is 15.2 Å². The molecule has 1 fully saturated rings. The minimum Gasteiger partial charge on any atom is -0.497 e. The summed E-state index contributed by atoms with van der Waals surface area (Å²) in [5, 5.41) is 4.07. The second-order valence-corrected chi connectivity index (χ2v) is 8.38. The molecule has 8 heteroatoms. The predicted octanol–water partition coefficient (Wildman–Crippen LogP) is 3.26. The van der Waals surface area contributed by atoms with E-state index in [1.165, 1.54) is 0 Å². The molecule has 164 valence electrons. The van der Waals surface area contributed by atoms with Gasteiger partial charge in [0.15, 0.2) is 5.13 Å². The molecule has 4 rings (SSSR count). The highest BCUT2D eigenvalue weighted by molar-refractivity contribution is 7.22. The van der Waals surface area contributed by atoms with E-state index in [1.54, 1.807) is 42.7 Å². The lowest BCUT2D eigenvalue weighted by atomic mass is 10.2. The average Bonchev–Trinajstić information content (AvgIpc) is 3.23. The topological polar surface area (TPSA) is 66.9 Å². The molecule has 1 amide bonds. The van der Waals surface area contributed by atoms with Crippen LogP contribution in [0.3, 0.4) is 0 Å². The predicted molar refractivity (Wildman–Crippen MR) is 125 cm³/mol. The van der Waals surface area contributed by atoms with E-state index < -0.39 is 0 Å². The first-order valence-electron chi connectivity index (χ1n) is 10.6. The number of ether oxygens (including phenoxy) is 2. The third-order valence-corrected chi connectivity index (χ3v) is 6.45. The Bertz CT molecular complexity index is 1010.